The van der Waals surface area contributed by atoms with Crippen molar-refractivity contribution in [2.24, 2.45) is 12.0 Å². The second-order valence-corrected chi connectivity index (χ2v) is 8.54. The average molecular weight is 423 g/mol. The summed E-state index contributed by atoms with van der Waals surface area (Å²) < 4.78 is 28.6. The Morgan fingerprint density at radius 3 is 2.63 bits per heavy atom. The first-order valence-corrected chi connectivity index (χ1v) is 10.9. The highest BCUT2D eigenvalue weighted by Crippen LogP contribution is 2.22. The highest BCUT2D eigenvalue weighted by Gasteiger charge is 2.30. The van der Waals surface area contributed by atoms with Gasteiger partial charge in [-0.25, -0.2) is 13.4 Å². The summed E-state index contributed by atoms with van der Waals surface area (Å²) in [6, 6.07) is 15.8. The summed E-state index contributed by atoms with van der Waals surface area (Å²) in [6.07, 6.45) is 3.63. The van der Waals surface area contributed by atoms with Gasteiger partial charge in [-0.3, -0.25) is 14.5 Å². The van der Waals surface area contributed by atoms with E-state index in [0.29, 0.717) is 5.56 Å². The maximum Gasteiger partial charge on any atom is 0.263 e. The summed E-state index contributed by atoms with van der Waals surface area (Å²) in [5.41, 5.74) is 1.44. The Morgan fingerprint density at radius 1 is 1.17 bits per heavy atom. The zero-order chi connectivity index (χ0) is 21.1. The van der Waals surface area contributed by atoms with Crippen molar-refractivity contribution < 1.29 is 13.2 Å². The number of carbonyl (C=O) groups is 1. The molecule has 2 heterocycles. The number of nitrogens with zero attached hydrogens (tertiary/aromatic N) is 3. The molecular weight excluding hydrogens is 402 g/mol. The molecule has 1 aromatic heterocycles. The van der Waals surface area contributed by atoms with Crippen molar-refractivity contribution in [3.05, 3.63) is 83.9 Å². The normalized spacial score (nSPS) is 16.6. The molecule has 30 heavy (non-hydrogen) atoms. The Kier molecular flexibility index (Phi) is 5.37. The van der Waals surface area contributed by atoms with E-state index in [0.717, 1.165) is 11.4 Å². The Hall–Kier alpha value is -3.46. The monoisotopic (exact) mass is 423 g/mol. The third-order valence-electron chi connectivity index (χ3n) is 4.83. The van der Waals surface area contributed by atoms with Crippen LogP contribution in [-0.4, -0.2) is 36.3 Å². The molecule has 4 rings (SSSR count). The maximum absolute atomic E-state index is 12.6. The van der Waals surface area contributed by atoms with Crippen molar-refractivity contribution in [2.45, 2.75) is 17.4 Å². The van der Waals surface area contributed by atoms with Crippen molar-refractivity contribution in [1.29, 1.82) is 0 Å². The van der Waals surface area contributed by atoms with Crippen LogP contribution in [0.5, 0.6) is 0 Å². The van der Waals surface area contributed by atoms with Gasteiger partial charge >= 0.3 is 0 Å². The lowest BCUT2D eigenvalue weighted by atomic mass is 10.1. The molecular formula is C21H21N5O3S. The number of fused-ring (bicyclic) bond motifs is 1. The van der Waals surface area contributed by atoms with E-state index >= 15 is 0 Å². The number of rotatable bonds is 6. The molecule has 1 atom stereocenters. The van der Waals surface area contributed by atoms with Crippen molar-refractivity contribution in [1.82, 2.24) is 19.6 Å². The molecule has 2 N–H and O–H groups in total. The number of amides is 1. The van der Waals surface area contributed by atoms with Gasteiger partial charge in [0, 0.05) is 31.4 Å². The van der Waals surface area contributed by atoms with Gasteiger partial charge in [0.15, 0.2) is 0 Å². The molecule has 1 aliphatic rings. The second-order valence-electron chi connectivity index (χ2n) is 6.89. The smallest absolute Gasteiger partial charge is 0.263 e. The predicted octanol–water partition coefficient (Wildman–Crippen LogP) is 1.75. The maximum atomic E-state index is 12.6. The number of aromatic nitrogens is 2. The minimum atomic E-state index is -3.59. The van der Waals surface area contributed by atoms with E-state index < -0.39 is 16.1 Å². The van der Waals surface area contributed by atoms with Crippen LogP contribution in [-0.2, 0) is 21.9 Å². The van der Waals surface area contributed by atoms with Gasteiger partial charge in [-0.2, -0.15) is 0 Å². The third-order valence-corrected chi connectivity index (χ3v) is 6.22. The fraction of sp³-hybridized carbons (Fsp3) is 0.190. The molecule has 8 nitrogen and oxygen atoms in total. The van der Waals surface area contributed by atoms with Crippen molar-refractivity contribution in [2.75, 3.05) is 6.54 Å². The SMILES string of the molecule is Cn1ccnc1[C@H](NC(=O)CCN=C1NS(=O)(=O)c2ccccc21)c1ccccc1. The topological polar surface area (TPSA) is 105 Å². The molecule has 0 radical (unpaired) electrons. The molecule has 0 aliphatic carbocycles. The number of carbonyl (C=O) groups excluding carboxylic acids is 1. The summed E-state index contributed by atoms with van der Waals surface area (Å²) >= 11 is 0. The number of aliphatic imine (C=N–C) groups is 1. The van der Waals surface area contributed by atoms with Crippen molar-refractivity contribution >= 4 is 21.8 Å². The number of imidazole rings is 1. The molecule has 0 saturated heterocycles. The van der Waals surface area contributed by atoms with Gasteiger partial charge in [-0.15, -0.1) is 0 Å². The van der Waals surface area contributed by atoms with E-state index in [1.807, 2.05) is 48.1 Å². The minimum absolute atomic E-state index is 0.112. The number of hydrogen-bond acceptors (Lipinski definition) is 5. The quantitative estimate of drug-likeness (QED) is 0.630. The molecule has 0 spiro atoms. The number of amidine groups is 1. The van der Waals surface area contributed by atoms with Crippen LogP contribution in [0.4, 0.5) is 0 Å². The molecule has 0 bridgehead atoms. The standard InChI is InChI=1S/C21H21N5O3S/c1-26-14-13-23-21(26)19(15-7-3-2-4-8-15)24-18(27)11-12-22-20-16-9-5-6-10-17(16)30(28,29)25-20/h2-10,13-14,19H,11-12H2,1H3,(H,22,25)(H,24,27)/t19-/m1/s1. The lowest BCUT2D eigenvalue weighted by Crippen LogP contribution is -2.31. The van der Waals surface area contributed by atoms with E-state index in [1.54, 1.807) is 24.4 Å². The molecule has 2 aromatic carbocycles. The Balaban J connectivity index is 1.47. The van der Waals surface area contributed by atoms with E-state index in [-0.39, 0.29) is 29.6 Å². The molecule has 9 heteroatoms. The molecule has 0 saturated carbocycles. The number of aryl methyl sites for hydroxylation is 1. The lowest BCUT2D eigenvalue weighted by Gasteiger charge is -2.19. The van der Waals surface area contributed by atoms with Gasteiger partial charge in [-0.1, -0.05) is 42.5 Å². The van der Waals surface area contributed by atoms with Crippen LogP contribution < -0.4 is 10.0 Å². The highest BCUT2D eigenvalue weighted by molar-refractivity contribution is 7.90. The summed E-state index contributed by atoms with van der Waals surface area (Å²) in [4.78, 5) is 21.5. The van der Waals surface area contributed by atoms with E-state index in [4.69, 9.17) is 0 Å². The summed E-state index contributed by atoms with van der Waals surface area (Å²) in [7, 11) is -1.71. The number of hydrogen-bond donors (Lipinski definition) is 2. The van der Waals surface area contributed by atoms with Crippen LogP contribution in [0.1, 0.15) is 29.4 Å². The summed E-state index contributed by atoms with van der Waals surface area (Å²) in [5, 5.41) is 3.01. The first kappa shape index (κ1) is 19.8. The number of nitrogens with one attached hydrogen (secondary N) is 2. The van der Waals surface area contributed by atoms with Crippen molar-refractivity contribution in [3.63, 3.8) is 0 Å². The first-order chi connectivity index (χ1) is 14.5. The Labute approximate surface area is 174 Å². The van der Waals surface area contributed by atoms with Crippen LogP contribution in [0.2, 0.25) is 0 Å². The van der Waals surface area contributed by atoms with Crippen molar-refractivity contribution in [3.8, 4) is 0 Å². The zero-order valence-corrected chi connectivity index (χ0v) is 17.1. The predicted molar refractivity (Wildman–Crippen MR) is 112 cm³/mol. The molecule has 154 valence electrons. The highest BCUT2D eigenvalue weighted by atomic mass is 32.2. The van der Waals surface area contributed by atoms with Gasteiger partial charge in [-0.05, 0) is 17.7 Å². The fourth-order valence-corrected chi connectivity index (χ4v) is 4.60. The van der Waals surface area contributed by atoms with Gasteiger partial charge < -0.3 is 9.88 Å². The van der Waals surface area contributed by atoms with Gasteiger partial charge in [0.2, 0.25) is 5.91 Å². The van der Waals surface area contributed by atoms with Crippen LogP contribution in [0.3, 0.4) is 0 Å². The molecule has 0 unspecified atom stereocenters. The van der Waals surface area contributed by atoms with Crippen LogP contribution in [0, 0.1) is 0 Å². The second kappa shape index (κ2) is 8.11. The molecule has 3 aromatic rings. The van der Waals surface area contributed by atoms with Crippen LogP contribution in [0.25, 0.3) is 0 Å². The summed E-state index contributed by atoms with van der Waals surface area (Å²) in [6.45, 7) is 0.153. The number of benzene rings is 2. The fourth-order valence-electron chi connectivity index (χ4n) is 3.35. The van der Waals surface area contributed by atoms with Crippen LogP contribution in [0.15, 0.2) is 76.9 Å². The average Bonchev–Trinajstić information content (AvgIpc) is 3.28. The van der Waals surface area contributed by atoms with E-state index in [9.17, 15) is 13.2 Å². The van der Waals surface area contributed by atoms with Crippen LogP contribution >= 0.6 is 0 Å². The van der Waals surface area contributed by atoms with Gasteiger partial charge in [0.1, 0.15) is 17.7 Å². The Morgan fingerprint density at radius 2 is 1.90 bits per heavy atom. The molecule has 1 aliphatic heterocycles. The van der Waals surface area contributed by atoms with Gasteiger partial charge in [0.05, 0.1) is 11.4 Å². The van der Waals surface area contributed by atoms with E-state index in [2.05, 4.69) is 20.0 Å². The molecule has 0 fully saturated rings. The molecule has 1 amide bonds. The largest absolute Gasteiger partial charge is 0.342 e. The Bertz CT molecular complexity index is 1200. The van der Waals surface area contributed by atoms with E-state index in [1.165, 1.54) is 6.07 Å². The lowest BCUT2D eigenvalue weighted by molar-refractivity contribution is -0.121. The number of sulfonamides is 1. The summed E-state index contributed by atoms with van der Waals surface area (Å²) in [5.74, 6) is 0.783. The third kappa shape index (κ3) is 3.97. The zero-order valence-electron chi connectivity index (χ0n) is 16.3. The minimum Gasteiger partial charge on any atom is -0.342 e. The van der Waals surface area contributed by atoms with Gasteiger partial charge in [0.25, 0.3) is 10.0 Å². The first-order valence-electron chi connectivity index (χ1n) is 9.44.